The van der Waals surface area contributed by atoms with Crippen LogP contribution in [-0.4, -0.2) is 10.9 Å². The Bertz CT molecular complexity index is 690. The summed E-state index contributed by atoms with van der Waals surface area (Å²) < 4.78 is 0. The Labute approximate surface area is 129 Å². The highest BCUT2D eigenvalue weighted by atomic mass is 32.1. The van der Waals surface area contributed by atoms with Crippen molar-refractivity contribution in [2.45, 2.75) is 40.0 Å². The van der Waals surface area contributed by atoms with Crippen molar-refractivity contribution in [2.24, 2.45) is 5.92 Å². The van der Waals surface area contributed by atoms with Crippen molar-refractivity contribution in [2.75, 3.05) is 5.32 Å². The van der Waals surface area contributed by atoms with Gasteiger partial charge >= 0.3 is 0 Å². The number of fused-ring (bicyclic) bond motifs is 1. The van der Waals surface area contributed by atoms with E-state index in [2.05, 4.69) is 30.2 Å². The predicted molar refractivity (Wildman–Crippen MR) is 86.9 cm³/mol. The summed E-state index contributed by atoms with van der Waals surface area (Å²) in [6.45, 7) is 6.18. The predicted octanol–water partition coefficient (Wildman–Crippen LogP) is 3.81. The van der Waals surface area contributed by atoms with Gasteiger partial charge in [0.05, 0.1) is 10.7 Å². The van der Waals surface area contributed by atoms with E-state index in [1.165, 1.54) is 21.7 Å². The molecule has 1 heterocycles. The number of rotatable bonds is 2. The summed E-state index contributed by atoms with van der Waals surface area (Å²) in [6, 6.07) is 6.07. The van der Waals surface area contributed by atoms with Crippen LogP contribution in [0, 0.1) is 26.7 Å². The molecule has 1 N–H and O–H groups in total. The fraction of sp³-hybridized carbons (Fsp3) is 0.412. The van der Waals surface area contributed by atoms with E-state index in [-0.39, 0.29) is 11.8 Å². The second-order valence-electron chi connectivity index (χ2n) is 5.83. The molecule has 2 aromatic rings. The van der Waals surface area contributed by atoms with Gasteiger partial charge < -0.3 is 5.32 Å². The summed E-state index contributed by atoms with van der Waals surface area (Å²) in [5.74, 6) is 0.203. The molecule has 1 unspecified atom stereocenters. The first-order valence-corrected chi connectivity index (χ1v) is 8.18. The van der Waals surface area contributed by atoms with Gasteiger partial charge in [0.2, 0.25) is 5.91 Å². The Morgan fingerprint density at radius 3 is 2.86 bits per heavy atom. The molecule has 0 bridgehead atoms. The second-order valence-corrected chi connectivity index (χ2v) is 7.12. The Balaban J connectivity index is 1.70. The maximum Gasteiger partial charge on any atom is 0.227 e. The molecule has 0 spiro atoms. The van der Waals surface area contributed by atoms with Crippen LogP contribution < -0.4 is 5.32 Å². The molecule has 3 nitrogen and oxygen atoms in total. The van der Waals surface area contributed by atoms with Crippen LogP contribution in [0.5, 0.6) is 0 Å². The maximum atomic E-state index is 12.5. The topological polar surface area (TPSA) is 42.0 Å². The third-order valence-electron chi connectivity index (χ3n) is 4.19. The van der Waals surface area contributed by atoms with Crippen LogP contribution >= 0.6 is 11.3 Å². The van der Waals surface area contributed by atoms with Crippen molar-refractivity contribution in [3.63, 3.8) is 0 Å². The lowest BCUT2D eigenvalue weighted by atomic mass is 9.90. The van der Waals surface area contributed by atoms with E-state index in [1.807, 2.05) is 19.1 Å². The molecule has 1 atom stereocenters. The van der Waals surface area contributed by atoms with Crippen molar-refractivity contribution in [3.05, 3.63) is 44.9 Å². The SMILES string of the molecule is Cc1nc2c(s1)CC(C(=O)Nc1ccc(C)c(C)c1)CC2. The van der Waals surface area contributed by atoms with Crippen LogP contribution in [0.25, 0.3) is 0 Å². The van der Waals surface area contributed by atoms with Gasteiger partial charge in [-0.1, -0.05) is 6.07 Å². The largest absolute Gasteiger partial charge is 0.326 e. The number of carbonyl (C=O) groups is 1. The fourth-order valence-electron chi connectivity index (χ4n) is 2.79. The molecule has 1 aromatic heterocycles. The highest BCUT2D eigenvalue weighted by molar-refractivity contribution is 7.11. The van der Waals surface area contributed by atoms with Gasteiger partial charge in [-0.05, 0) is 63.3 Å². The summed E-state index contributed by atoms with van der Waals surface area (Å²) in [5, 5.41) is 4.17. The number of carbonyl (C=O) groups excluding carboxylic acids is 1. The number of hydrogen-bond donors (Lipinski definition) is 1. The van der Waals surface area contributed by atoms with E-state index >= 15 is 0 Å². The van der Waals surface area contributed by atoms with Crippen molar-refractivity contribution >= 4 is 22.9 Å². The number of benzene rings is 1. The zero-order valence-corrected chi connectivity index (χ0v) is 13.5. The number of amides is 1. The first-order chi connectivity index (χ1) is 10.0. The highest BCUT2D eigenvalue weighted by Crippen LogP contribution is 2.30. The molecular formula is C17H20N2OS. The number of hydrogen-bond acceptors (Lipinski definition) is 3. The minimum Gasteiger partial charge on any atom is -0.326 e. The number of aryl methyl sites for hydroxylation is 4. The molecule has 3 rings (SSSR count). The first-order valence-electron chi connectivity index (χ1n) is 7.36. The monoisotopic (exact) mass is 300 g/mol. The summed E-state index contributed by atoms with van der Waals surface area (Å²) in [5.41, 5.74) is 4.55. The number of nitrogens with one attached hydrogen (secondary N) is 1. The number of anilines is 1. The zero-order valence-electron chi connectivity index (χ0n) is 12.7. The van der Waals surface area contributed by atoms with E-state index in [4.69, 9.17) is 0 Å². The van der Waals surface area contributed by atoms with Gasteiger partial charge in [0, 0.05) is 16.5 Å². The molecule has 1 aromatic carbocycles. The third-order valence-corrected chi connectivity index (χ3v) is 5.23. The molecule has 1 amide bonds. The molecule has 21 heavy (non-hydrogen) atoms. The van der Waals surface area contributed by atoms with E-state index in [0.29, 0.717) is 0 Å². The van der Waals surface area contributed by atoms with Crippen molar-refractivity contribution in [1.29, 1.82) is 0 Å². The highest BCUT2D eigenvalue weighted by Gasteiger charge is 2.27. The molecule has 1 aliphatic rings. The first kappa shape index (κ1) is 14.3. The van der Waals surface area contributed by atoms with Crippen molar-refractivity contribution in [3.8, 4) is 0 Å². The summed E-state index contributed by atoms with van der Waals surface area (Å²) >= 11 is 1.73. The Morgan fingerprint density at radius 2 is 2.10 bits per heavy atom. The lowest BCUT2D eigenvalue weighted by molar-refractivity contribution is -0.120. The molecule has 4 heteroatoms. The van der Waals surface area contributed by atoms with Crippen LogP contribution in [-0.2, 0) is 17.6 Å². The molecule has 0 saturated heterocycles. The van der Waals surface area contributed by atoms with Crippen LogP contribution in [0.15, 0.2) is 18.2 Å². The summed E-state index contributed by atoms with van der Waals surface area (Å²) in [7, 11) is 0. The quantitative estimate of drug-likeness (QED) is 0.916. The standard InChI is InChI=1S/C17H20N2OS/c1-10-4-6-14(8-11(10)2)19-17(20)13-5-7-15-16(9-13)21-12(3)18-15/h4,6,8,13H,5,7,9H2,1-3H3,(H,19,20). The molecule has 0 fully saturated rings. The lowest BCUT2D eigenvalue weighted by Gasteiger charge is -2.20. The minimum absolute atomic E-state index is 0.0685. The number of aromatic nitrogens is 1. The number of thiazole rings is 1. The molecule has 0 radical (unpaired) electrons. The van der Waals surface area contributed by atoms with Crippen molar-refractivity contribution in [1.82, 2.24) is 4.98 Å². The minimum atomic E-state index is 0.0685. The molecule has 1 aliphatic carbocycles. The average molecular weight is 300 g/mol. The van der Waals surface area contributed by atoms with Crippen LogP contribution in [0.4, 0.5) is 5.69 Å². The van der Waals surface area contributed by atoms with Gasteiger partial charge in [-0.2, -0.15) is 0 Å². The average Bonchev–Trinajstić information content (AvgIpc) is 2.82. The Hall–Kier alpha value is -1.68. The van der Waals surface area contributed by atoms with Gasteiger partial charge in [-0.15, -0.1) is 11.3 Å². The smallest absolute Gasteiger partial charge is 0.227 e. The van der Waals surface area contributed by atoms with Gasteiger partial charge in [0.25, 0.3) is 0 Å². The summed E-state index contributed by atoms with van der Waals surface area (Å²) in [4.78, 5) is 18.3. The van der Waals surface area contributed by atoms with Gasteiger partial charge in [0.15, 0.2) is 0 Å². The van der Waals surface area contributed by atoms with Gasteiger partial charge in [0.1, 0.15) is 0 Å². The fourth-order valence-corrected chi connectivity index (χ4v) is 3.85. The maximum absolute atomic E-state index is 12.5. The second kappa shape index (κ2) is 5.60. The van der Waals surface area contributed by atoms with E-state index in [1.54, 1.807) is 11.3 Å². The third kappa shape index (κ3) is 3.00. The molecule has 110 valence electrons. The normalized spacial score (nSPS) is 17.4. The molecule has 0 saturated carbocycles. The Morgan fingerprint density at radius 1 is 1.29 bits per heavy atom. The van der Waals surface area contributed by atoms with Gasteiger partial charge in [-0.25, -0.2) is 4.98 Å². The van der Waals surface area contributed by atoms with E-state index in [0.717, 1.165) is 30.0 Å². The molecular weight excluding hydrogens is 280 g/mol. The van der Waals surface area contributed by atoms with Crippen molar-refractivity contribution < 1.29 is 4.79 Å². The van der Waals surface area contributed by atoms with Crippen LogP contribution in [0.3, 0.4) is 0 Å². The molecule has 0 aliphatic heterocycles. The number of nitrogens with zero attached hydrogens (tertiary/aromatic N) is 1. The zero-order chi connectivity index (χ0) is 15.0. The summed E-state index contributed by atoms with van der Waals surface area (Å²) in [6.07, 6.45) is 2.65. The van der Waals surface area contributed by atoms with E-state index in [9.17, 15) is 4.79 Å². The lowest BCUT2D eigenvalue weighted by Crippen LogP contribution is -2.27. The van der Waals surface area contributed by atoms with Gasteiger partial charge in [-0.3, -0.25) is 4.79 Å². The Kier molecular flexibility index (Phi) is 3.81. The van der Waals surface area contributed by atoms with Crippen LogP contribution in [0.1, 0.15) is 33.1 Å². The van der Waals surface area contributed by atoms with E-state index < -0.39 is 0 Å². The van der Waals surface area contributed by atoms with Crippen LogP contribution in [0.2, 0.25) is 0 Å².